The van der Waals surface area contributed by atoms with Gasteiger partial charge in [0.2, 0.25) is 5.91 Å². The first-order valence-electron chi connectivity index (χ1n) is 9.11. The lowest BCUT2D eigenvalue weighted by molar-refractivity contribution is -0.120. The third-order valence-corrected chi connectivity index (χ3v) is 5.74. The standard InChI is InChI=1S/C19H27N3O2/c1-21(2)14-3-4-17-18(11-14)24-10-9-22(17)19(23)16-12-15(16)13-5-7-20-8-6-13/h3-4,11,13,15-16,20H,5-10,12H2,1-2H3/t15-,16+/m0/s1. The number of ether oxygens (including phenoxy) is 1. The number of fused-ring (bicyclic) bond motifs is 1. The van der Waals surface area contributed by atoms with Gasteiger partial charge in [0, 0.05) is 31.8 Å². The molecule has 1 amide bonds. The molecule has 24 heavy (non-hydrogen) atoms. The van der Waals surface area contributed by atoms with Crippen LogP contribution in [0.3, 0.4) is 0 Å². The van der Waals surface area contributed by atoms with Gasteiger partial charge in [-0.15, -0.1) is 0 Å². The molecule has 2 atom stereocenters. The highest BCUT2D eigenvalue weighted by atomic mass is 16.5. The first-order valence-corrected chi connectivity index (χ1v) is 9.11. The number of carbonyl (C=O) groups is 1. The van der Waals surface area contributed by atoms with E-state index in [1.54, 1.807) is 0 Å². The molecule has 0 spiro atoms. The number of nitrogens with zero attached hydrogens (tertiary/aromatic N) is 2. The fourth-order valence-corrected chi connectivity index (χ4v) is 4.21. The molecule has 1 saturated carbocycles. The number of hydrogen-bond donors (Lipinski definition) is 1. The third-order valence-electron chi connectivity index (χ3n) is 5.74. The summed E-state index contributed by atoms with van der Waals surface area (Å²) in [5, 5.41) is 3.42. The van der Waals surface area contributed by atoms with E-state index in [1.807, 2.05) is 31.1 Å². The average Bonchev–Trinajstić information content (AvgIpc) is 3.41. The monoisotopic (exact) mass is 329 g/mol. The summed E-state index contributed by atoms with van der Waals surface area (Å²) < 4.78 is 5.81. The maximum Gasteiger partial charge on any atom is 0.230 e. The normalized spacial score (nSPS) is 26.5. The predicted molar refractivity (Wildman–Crippen MR) is 95.8 cm³/mol. The summed E-state index contributed by atoms with van der Waals surface area (Å²) in [4.78, 5) is 17.1. The van der Waals surface area contributed by atoms with Crippen LogP contribution in [0.1, 0.15) is 19.3 Å². The van der Waals surface area contributed by atoms with Gasteiger partial charge in [-0.05, 0) is 56.3 Å². The summed E-state index contributed by atoms with van der Waals surface area (Å²) in [6.07, 6.45) is 3.52. The Kier molecular flexibility index (Phi) is 4.12. The van der Waals surface area contributed by atoms with Crippen molar-refractivity contribution in [1.29, 1.82) is 0 Å². The van der Waals surface area contributed by atoms with E-state index in [9.17, 15) is 4.79 Å². The van der Waals surface area contributed by atoms with Crippen LogP contribution < -0.4 is 19.9 Å². The lowest BCUT2D eigenvalue weighted by Gasteiger charge is -2.31. The van der Waals surface area contributed by atoms with E-state index in [0.717, 1.165) is 42.6 Å². The lowest BCUT2D eigenvalue weighted by Crippen LogP contribution is -2.39. The molecule has 5 heteroatoms. The third kappa shape index (κ3) is 2.86. The number of anilines is 2. The predicted octanol–water partition coefficient (Wildman–Crippen LogP) is 2.11. The second-order valence-corrected chi connectivity index (χ2v) is 7.48. The van der Waals surface area contributed by atoms with E-state index in [1.165, 1.54) is 12.8 Å². The fourth-order valence-electron chi connectivity index (χ4n) is 4.21. The second-order valence-electron chi connectivity index (χ2n) is 7.48. The minimum absolute atomic E-state index is 0.229. The molecule has 2 fully saturated rings. The van der Waals surface area contributed by atoms with Crippen LogP contribution in [0.15, 0.2) is 18.2 Å². The second kappa shape index (κ2) is 6.28. The van der Waals surface area contributed by atoms with Crippen LogP contribution in [-0.4, -0.2) is 46.2 Å². The van der Waals surface area contributed by atoms with Crippen molar-refractivity contribution in [2.45, 2.75) is 19.3 Å². The Balaban J connectivity index is 1.49. The molecule has 0 radical (unpaired) electrons. The van der Waals surface area contributed by atoms with Crippen LogP contribution in [0, 0.1) is 17.8 Å². The summed E-state index contributed by atoms with van der Waals surface area (Å²) >= 11 is 0. The SMILES string of the molecule is CN(C)c1ccc2c(c1)OCCN2C(=O)[C@@H]1C[C@H]1C1CCNCC1. The number of benzene rings is 1. The van der Waals surface area contributed by atoms with Crippen LogP contribution in [0.2, 0.25) is 0 Å². The molecule has 1 aromatic rings. The Morgan fingerprint density at radius 2 is 2.08 bits per heavy atom. The Bertz CT molecular complexity index is 625. The number of amides is 1. The van der Waals surface area contributed by atoms with Crippen LogP contribution in [-0.2, 0) is 4.79 Å². The molecular weight excluding hydrogens is 302 g/mol. The number of rotatable bonds is 3. The van der Waals surface area contributed by atoms with Crippen molar-refractivity contribution in [3.63, 3.8) is 0 Å². The summed E-state index contributed by atoms with van der Waals surface area (Å²) in [7, 11) is 4.03. The largest absolute Gasteiger partial charge is 0.489 e. The van der Waals surface area contributed by atoms with E-state index in [2.05, 4.69) is 16.3 Å². The summed E-state index contributed by atoms with van der Waals surface area (Å²) in [6.45, 7) is 3.47. The number of nitrogens with one attached hydrogen (secondary N) is 1. The first kappa shape index (κ1) is 15.8. The molecule has 5 nitrogen and oxygen atoms in total. The van der Waals surface area contributed by atoms with Gasteiger partial charge in [0.25, 0.3) is 0 Å². The van der Waals surface area contributed by atoms with Gasteiger partial charge in [0.05, 0.1) is 12.2 Å². The minimum atomic E-state index is 0.229. The summed E-state index contributed by atoms with van der Waals surface area (Å²) in [5.41, 5.74) is 2.04. The Morgan fingerprint density at radius 1 is 1.29 bits per heavy atom. The van der Waals surface area contributed by atoms with E-state index in [-0.39, 0.29) is 5.92 Å². The van der Waals surface area contributed by atoms with Crippen molar-refractivity contribution in [2.24, 2.45) is 17.8 Å². The molecule has 4 rings (SSSR count). The highest BCUT2D eigenvalue weighted by Crippen LogP contribution is 2.49. The molecule has 0 bridgehead atoms. The Hall–Kier alpha value is -1.75. The van der Waals surface area contributed by atoms with Gasteiger partial charge >= 0.3 is 0 Å². The minimum Gasteiger partial charge on any atom is -0.489 e. The fraction of sp³-hybridized carbons (Fsp3) is 0.632. The van der Waals surface area contributed by atoms with Gasteiger partial charge in [-0.1, -0.05) is 0 Å². The maximum atomic E-state index is 13.0. The molecular formula is C19H27N3O2. The smallest absolute Gasteiger partial charge is 0.230 e. The van der Waals surface area contributed by atoms with Gasteiger partial charge in [0.15, 0.2) is 0 Å². The van der Waals surface area contributed by atoms with Crippen molar-refractivity contribution in [2.75, 3.05) is 50.1 Å². The molecule has 130 valence electrons. The lowest BCUT2D eigenvalue weighted by atomic mass is 9.91. The zero-order chi connectivity index (χ0) is 16.7. The van der Waals surface area contributed by atoms with Crippen molar-refractivity contribution in [3.8, 4) is 5.75 Å². The molecule has 2 heterocycles. The summed E-state index contributed by atoms with van der Waals surface area (Å²) in [5.74, 6) is 2.71. The number of hydrogen-bond acceptors (Lipinski definition) is 4. The molecule has 1 aromatic carbocycles. The van der Waals surface area contributed by atoms with Crippen LogP contribution >= 0.6 is 0 Å². The van der Waals surface area contributed by atoms with Gasteiger partial charge in [-0.25, -0.2) is 0 Å². The van der Waals surface area contributed by atoms with Gasteiger partial charge in [0.1, 0.15) is 12.4 Å². The quantitative estimate of drug-likeness (QED) is 0.922. The van der Waals surface area contributed by atoms with E-state index in [4.69, 9.17) is 4.74 Å². The molecule has 0 aromatic heterocycles. The first-order chi connectivity index (χ1) is 11.6. The molecule has 1 aliphatic carbocycles. The van der Waals surface area contributed by atoms with Crippen LogP contribution in [0.5, 0.6) is 5.75 Å². The highest BCUT2D eigenvalue weighted by molar-refractivity contribution is 5.98. The number of carbonyl (C=O) groups excluding carboxylic acids is 1. The Morgan fingerprint density at radius 3 is 2.83 bits per heavy atom. The number of piperidine rings is 1. The van der Waals surface area contributed by atoms with E-state index in [0.29, 0.717) is 25.0 Å². The molecule has 1 N–H and O–H groups in total. The van der Waals surface area contributed by atoms with Gasteiger partial charge in [-0.3, -0.25) is 4.79 Å². The van der Waals surface area contributed by atoms with E-state index >= 15 is 0 Å². The molecule has 1 saturated heterocycles. The van der Waals surface area contributed by atoms with Crippen molar-refractivity contribution in [3.05, 3.63) is 18.2 Å². The van der Waals surface area contributed by atoms with Gasteiger partial charge in [-0.2, -0.15) is 0 Å². The van der Waals surface area contributed by atoms with Gasteiger partial charge < -0.3 is 19.9 Å². The van der Waals surface area contributed by atoms with E-state index < -0.39 is 0 Å². The average molecular weight is 329 g/mol. The van der Waals surface area contributed by atoms with Crippen molar-refractivity contribution < 1.29 is 9.53 Å². The molecule has 3 aliphatic rings. The molecule has 0 unspecified atom stereocenters. The summed E-state index contributed by atoms with van der Waals surface area (Å²) in [6, 6.07) is 6.13. The van der Waals surface area contributed by atoms with Crippen molar-refractivity contribution >= 4 is 17.3 Å². The topological polar surface area (TPSA) is 44.8 Å². The van der Waals surface area contributed by atoms with Crippen molar-refractivity contribution in [1.82, 2.24) is 5.32 Å². The van der Waals surface area contributed by atoms with Crippen LogP contribution in [0.4, 0.5) is 11.4 Å². The molecule has 2 aliphatic heterocycles. The zero-order valence-electron chi connectivity index (χ0n) is 14.6. The highest BCUT2D eigenvalue weighted by Gasteiger charge is 2.49. The maximum absolute atomic E-state index is 13.0. The van der Waals surface area contributed by atoms with Crippen LogP contribution in [0.25, 0.3) is 0 Å². The Labute approximate surface area is 144 Å². The zero-order valence-corrected chi connectivity index (χ0v) is 14.6.